The largest absolute Gasteiger partial charge is 0.393 e. The number of rotatable bonds is 3. The predicted molar refractivity (Wildman–Crippen MR) is 75.1 cm³/mol. The smallest absolute Gasteiger partial charge is 0.270 e. The van der Waals surface area contributed by atoms with Crippen LogP contribution in [-0.4, -0.2) is 39.7 Å². The third kappa shape index (κ3) is 3.00. The van der Waals surface area contributed by atoms with E-state index < -0.39 is 0 Å². The molecule has 1 fully saturated rings. The lowest BCUT2D eigenvalue weighted by Gasteiger charge is -2.34. The maximum absolute atomic E-state index is 12.6. The normalized spacial score (nSPS) is 21.7. The fourth-order valence-electron chi connectivity index (χ4n) is 2.78. The summed E-state index contributed by atoms with van der Waals surface area (Å²) in [5, 5.41) is 9.71. The summed E-state index contributed by atoms with van der Waals surface area (Å²) in [5.41, 5.74) is 0.751. The molecule has 0 aromatic carbocycles. The third-order valence-electron chi connectivity index (χ3n) is 3.98. The Hall–Kier alpha value is -1.29. The number of aliphatic hydroxyl groups is 1. The molecule has 2 rings (SSSR count). The number of carbonyl (C=O) groups is 1. The lowest BCUT2D eigenvalue weighted by Crippen LogP contribution is -2.43. The number of amides is 1. The minimum atomic E-state index is -0.340. The first-order valence-corrected chi connectivity index (χ1v) is 7.15. The molecular formula is C15H24N2O2. The van der Waals surface area contributed by atoms with Crippen LogP contribution in [0.4, 0.5) is 0 Å². The number of hydrogen-bond donors (Lipinski definition) is 1. The van der Waals surface area contributed by atoms with Gasteiger partial charge in [0.15, 0.2) is 0 Å². The van der Waals surface area contributed by atoms with Crippen LogP contribution in [0.1, 0.15) is 50.1 Å². The van der Waals surface area contributed by atoms with Gasteiger partial charge in [0.25, 0.3) is 5.91 Å². The van der Waals surface area contributed by atoms with Crippen LogP contribution >= 0.6 is 0 Å². The molecule has 2 unspecified atom stereocenters. The molecule has 0 radical (unpaired) electrons. The van der Waals surface area contributed by atoms with Crippen molar-refractivity contribution >= 4 is 5.91 Å². The van der Waals surface area contributed by atoms with Crippen LogP contribution in [0.15, 0.2) is 18.3 Å². The van der Waals surface area contributed by atoms with Crippen LogP contribution < -0.4 is 0 Å². The van der Waals surface area contributed by atoms with Crippen molar-refractivity contribution in [3.05, 3.63) is 24.0 Å². The van der Waals surface area contributed by atoms with Gasteiger partial charge >= 0.3 is 0 Å². The molecule has 1 aromatic heterocycles. The second-order valence-corrected chi connectivity index (χ2v) is 5.79. The second kappa shape index (κ2) is 5.78. The Morgan fingerprint density at radius 1 is 1.42 bits per heavy atom. The molecule has 1 N–H and O–H groups in total. The van der Waals surface area contributed by atoms with Crippen molar-refractivity contribution in [2.45, 2.75) is 45.8 Å². The van der Waals surface area contributed by atoms with Crippen molar-refractivity contribution in [1.29, 1.82) is 0 Å². The van der Waals surface area contributed by atoms with Gasteiger partial charge in [-0.3, -0.25) is 4.79 Å². The molecule has 1 aromatic rings. The molecule has 1 aliphatic heterocycles. The van der Waals surface area contributed by atoms with Crippen molar-refractivity contribution in [2.24, 2.45) is 5.92 Å². The van der Waals surface area contributed by atoms with Crippen molar-refractivity contribution in [3.63, 3.8) is 0 Å². The molecule has 1 amide bonds. The van der Waals surface area contributed by atoms with Crippen molar-refractivity contribution in [2.75, 3.05) is 13.1 Å². The van der Waals surface area contributed by atoms with E-state index in [0.29, 0.717) is 6.54 Å². The van der Waals surface area contributed by atoms with E-state index in [1.807, 2.05) is 34.7 Å². The predicted octanol–water partition coefficient (Wildman–Crippen LogP) is 2.30. The topological polar surface area (TPSA) is 45.5 Å². The van der Waals surface area contributed by atoms with Gasteiger partial charge in [-0.05, 0) is 45.7 Å². The van der Waals surface area contributed by atoms with Crippen LogP contribution in [0, 0.1) is 5.92 Å². The maximum Gasteiger partial charge on any atom is 0.270 e. The van der Waals surface area contributed by atoms with Gasteiger partial charge in [0, 0.05) is 31.2 Å². The van der Waals surface area contributed by atoms with Crippen molar-refractivity contribution in [1.82, 2.24) is 9.47 Å². The van der Waals surface area contributed by atoms with Crippen molar-refractivity contribution < 1.29 is 9.90 Å². The minimum Gasteiger partial charge on any atom is -0.393 e. The molecule has 19 heavy (non-hydrogen) atoms. The molecular weight excluding hydrogens is 240 g/mol. The average Bonchev–Trinajstić information content (AvgIpc) is 2.87. The van der Waals surface area contributed by atoms with Gasteiger partial charge in [-0.15, -0.1) is 0 Å². The number of aliphatic hydroxyl groups excluding tert-OH is 1. The van der Waals surface area contributed by atoms with E-state index >= 15 is 0 Å². The van der Waals surface area contributed by atoms with Gasteiger partial charge in [-0.1, -0.05) is 0 Å². The molecule has 2 atom stereocenters. The SMILES string of the molecule is CC(O)C1CCCN(C(=O)c2cccn2C(C)C)C1. The lowest BCUT2D eigenvalue weighted by molar-refractivity contribution is 0.0457. The Labute approximate surface area is 115 Å². The molecule has 0 bridgehead atoms. The number of aromatic nitrogens is 1. The monoisotopic (exact) mass is 264 g/mol. The quantitative estimate of drug-likeness (QED) is 0.910. The van der Waals surface area contributed by atoms with Gasteiger partial charge in [-0.2, -0.15) is 0 Å². The highest BCUT2D eigenvalue weighted by Gasteiger charge is 2.28. The molecule has 0 saturated carbocycles. The van der Waals surface area contributed by atoms with Gasteiger partial charge < -0.3 is 14.6 Å². The Morgan fingerprint density at radius 2 is 2.16 bits per heavy atom. The molecule has 106 valence electrons. The van der Waals surface area contributed by atoms with Crippen LogP contribution in [0.3, 0.4) is 0 Å². The lowest BCUT2D eigenvalue weighted by atomic mass is 9.93. The fraction of sp³-hybridized carbons (Fsp3) is 0.667. The van der Waals surface area contributed by atoms with Crippen LogP contribution in [0.2, 0.25) is 0 Å². The van der Waals surface area contributed by atoms with Gasteiger partial charge in [0.1, 0.15) is 5.69 Å². The van der Waals surface area contributed by atoms with E-state index in [2.05, 4.69) is 13.8 Å². The zero-order valence-electron chi connectivity index (χ0n) is 12.0. The Morgan fingerprint density at radius 3 is 2.79 bits per heavy atom. The van der Waals surface area contributed by atoms with Crippen LogP contribution in [-0.2, 0) is 0 Å². The zero-order valence-corrected chi connectivity index (χ0v) is 12.0. The van der Waals surface area contributed by atoms with Crippen molar-refractivity contribution in [3.8, 4) is 0 Å². The third-order valence-corrected chi connectivity index (χ3v) is 3.98. The summed E-state index contributed by atoms with van der Waals surface area (Å²) in [5.74, 6) is 0.296. The molecule has 0 aliphatic carbocycles. The summed E-state index contributed by atoms with van der Waals surface area (Å²) in [4.78, 5) is 14.5. The van der Waals surface area contributed by atoms with Crippen LogP contribution in [0.25, 0.3) is 0 Å². The molecule has 2 heterocycles. The molecule has 1 saturated heterocycles. The highest BCUT2D eigenvalue weighted by molar-refractivity contribution is 5.92. The number of carbonyl (C=O) groups excluding carboxylic acids is 1. The molecule has 0 spiro atoms. The average molecular weight is 264 g/mol. The highest BCUT2D eigenvalue weighted by Crippen LogP contribution is 2.22. The highest BCUT2D eigenvalue weighted by atomic mass is 16.3. The van der Waals surface area contributed by atoms with Gasteiger partial charge in [-0.25, -0.2) is 0 Å². The Balaban J connectivity index is 2.13. The molecule has 4 nitrogen and oxygen atoms in total. The van der Waals surface area contributed by atoms with E-state index in [-0.39, 0.29) is 24.0 Å². The van der Waals surface area contributed by atoms with E-state index in [0.717, 1.165) is 25.1 Å². The minimum absolute atomic E-state index is 0.0871. The maximum atomic E-state index is 12.6. The summed E-state index contributed by atoms with van der Waals surface area (Å²) in [6, 6.07) is 4.09. The number of likely N-dealkylation sites (tertiary alicyclic amines) is 1. The number of nitrogens with zero attached hydrogens (tertiary/aromatic N) is 2. The van der Waals surface area contributed by atoms with E-state index in [4.69, 9.17) is 0 Å². The Kier molecular flexibility index (Phi) is 4.30. The molecule has 1 aliphatic rings. The summed E-state index contributed by atoms with van der Waals surface area (Å²) in [6.45, 7) is 7.43. The second-order valence-electron chi connectivity index (χ2n) is 5.79. The summed E-state index contributed by atoms with van der Waals surface area (Å²) >= 11 is 0. The van der Waals surface area contributed by atoms with E-state index in [1.54, 1.807) is 0 Å². The first-order chi connectivity index (χ1) is 9.00. The van der Waals surface area contributed by atoms with Gasteiger partial charge in [0.2, 0.25) is 0 Å². The van der Waals surface area contributed by atoms with Gasteiger partial charge in [0.05, 0.1) is 6.10 Å². The number of piperidine rings is 1. The standard InChI is InChI=1S/C15H24N2O2/c1-11(2)17-9-5-7-14(17)15(19)16-8-4-6-13(10-16)12(3)18/h5,7,9,11-13,18H,4,6,8,10H2,1-3H3. The van der Waals surface area contributed by atoms with E-state index in [1.165, 1.54) is 0 Å². The fourth-order valence-corrected chi connectivity index (χ4v) is 2.78. The summed E-state index contributed by atoms with van der Waals surface area (Å²) in [7, 11) is 0. The van der Waals surface area contributed by atoms with E-state index in [9.17, 15) is 9.90 Å². The first-order valence-electron chi connectivity index (χ1n) is 7.15. The molecule has 4 heteroatoms. The van der Waals surface area contributed by atoms with Crippen LogP contribution in [0.5, 0.6) is 0 Å². The zero-order chi connectivity index (χ0) is 14.0. The number of hydrogen-bond acceptors (Lipinski definition) is 2. The summed E-state index contributed by atoms with van der Waals surface area (Å²) in [6.07, 6.45) is 3.59. The summed E-state index contributed by atoms with van der Waals surface area (Å²) < 4.78 is 2.01. The first kappa shape index (κ1) is 14.1. The Bertz CT molecular complexity index is 437.